The molecule has 118 valence electrons. The van der Waals surface area contributed by atoms with Crippen LogP contribution in [-0.2, 0) is 19.6 Å². The highest BCUT2D eigenvalue weighted by atomic mass is 32.2. The fourth-order valence-electron chi connectivity index (χ4n) is 1.76. The summed E-state index contributed by atoms with van der Waals surface area (Å²) in [7, 11) is -1.11. The van der Waals surface area contributed by atoms with Gasteiger partial charge >= 0.3 is 5.97 Å². The highest BCUT2D eigenvalue weighted by Gasteiger charge is 2.22. The van der Waals surface area contributed by atoms with Crippen LogP contribution in [0.3, 0.4) is 0 Å². The van der Waals surface area contributed by atoms with Gasteiger partial charge in [-0.15, -0.1) is 0 Å². The predicted molar refractivity (Wildman–Crippen MR) is 76.6 cm³/mol. The minimum absolute atomic E-state index is 0.0699. The van der Waals surface area contributed by atoms with E-state index in [9.17, 15) is 17.6 Å². The van der Waals surface area contributed by atoms with E-state index in [1.807, 2.05) is 0 Å². The van der Waals surface area contributed by atoms with Crippen molar-refractivity contribution in [3.05, 3.63) is 23.5 Å². The van der Waals surface area contributed by atoms with E-state index in [0.29, 0.717) is 6.42 Å². The lowest BCUT2D eigenvalue weighted by Crippen LogP contribution is -2.28. The molecule has 0 heterocycles. The molecule has 0 atom stereocenters. The first-order valence-electron chi connectivity index (χ1n) is 6.29. The van der Waals surface area contributed by atoms with Gasteiger partial charge < -0.3 is 10.5 Å². The fraction of sp³-hybridized carbons (Fsp3) is 0.462. The molecule has 1 aromatic rings. The first kappa shape index (κ1) is 17.4. The molecule has 1 rings (SSSR count). The van der Waals surface area contributed by atoms with Gasteiger partial charge in [0.15, 0.2) is 0 Å². The molecule has 0 aliphatic carbocycles. The molecular weight excluding hydrogens is 299 g/mol. The largest absolute Gasteiger partial charge is 0.469 e. The third kappa shape index (κ3) is 4.15. The zero-order valence-electron chi connectivity index (χ0n) is 12.2. The zero-order chi connectivity index (χ0) is 16.2. The second-order valence-electron chi connectivity index (χ2n) is 4.65. The smallest absolute Gasteiger partial charge is 0.305 e. The van der Waals surface area contributed by atoms with Crippen molar-refractivity contribution in [2.24, 2.45) is 0 Å². The van der Waals surface area contributed by atoms with E-state index < -0.39 is 21.8 Å². The average molecular weight is 318 g/mol. The molecule has 6 nitrogen and oxygen atoms in total. The van der Waals surface area contributed by atoms with E-state index in [1.165, 1.54) is 27.1 Å². The van der Waals surface area contributed by atoms with Gasteiger partial charge in [0.1, 0.15) is 5.82 Å². The van der Waals surface area contributed by atoms with Gasteiger partial charge in [0.25, 0.3) is 0 Å². The van der Waals surface area contributed by atoms with Gasteiger partial charge in [0.2, 0.25) is 10.0 Å². The summed E-state index contributed by atoms with van der Waals surface area (Å²) in [6, 6.07) is 2.33. The number of hydrogen-bond acceptors (Lipinski definition) is 5. The first-order chi connectivity index (χ1) is 9.70. The maximum absolute atomic E-state index is 13.4. The van der Waals surface area contributed by atoms with Crippen LogP contribution in [-0.4, -0.2) is 39.4 Å². The van der Waals surface area contributed by atoms with Crippen LogP contribution in [0.2, 0.25) is 0 Å². The third-order valence-electron chi connectivity index (χ3n) is 3.05. The maximum Gasteiger partial charge on any atom is 0.305 e. The Hall–Kier alpha value is -1.67. The lowest BCUT2D eigenvalue weighted by atomic mass is 10.2. The number of benzene rings is 1. The van der Waals surface area contributed by atoms with Crippen molar-refractivity contribution in [3.63, 3.8) is 0 Å². The topological polar surface area (TPSA) is 89.7 Å². The molecule has 2 N–H and O–H groups in total. The molecule has 0 bridgehead atoms. The summed E-state index contributed by atoms with van der Waals surface area (Å²) >= 11 is 0. The molecule has 0 aromatic heterocycles. The van der Waals surface area contributed by atoms with Crippen LogP contribution in [0.5, 0.6) is 0 Å². The number of rotatable bonds is 6. The molecule has 0 saturated carbocycles. The van der Waals surface area contributed by atoms with Crippen LogP contribution >= 0.6 is 0 Å². The van der Waals surface area contributed by atoms with Crippen LogP contribution in [0.4, 0.5) is 10.1 Å². The van der Waals surface area contributed by atoms with E-state index in [0.717, 1.165) is 10.4 Å². The number of nitrogens with zero attached hydrogens (tertiary/aromatic N) is 1. The van der Waals surface area contributed by atoms with E-state index in [4.69, 9.17) is 5.73 Å². The van der Waals surface area contributed by atoms with Crippen LogP contribution in [0.1, 0.15) is 18.4 Å². The van der Waals surface area contributed by atoms with Gasteiger partial charge in [-0.05, 0) is 31.0 Å². The molecule has 8 heteroatoms. The number of methoxy groups -OCH3 is 1. The number of halogens is 1. The number of esters is 1. The van der Waals surface area contributed by atoms with Crippen LogP contribution < -0.4 is 5.73 Å². The van der Waals surface area contributed by atoms with Crippen molar-refractivity contribution in [1.82, 2.24) is 4.31 Å². The van der Waals surface area contributed by atoms with Gasteiger partial charge in [-0.3, -0.25) is 4.79 Å². The summed E-state index contributed by atoms with van der Waals surface area (Å²) in [5, 5.41) is 0. The highest BCUT2D eigenvalue weighted by molar-refractivity contribution is 7.89. The van der Waals surface area contributed by atoms with Crippen molar-refractivity contribution < 1.29 is 22.3 Å². The zero-order valence-corrected chi connectivity index (χ0v) is 13.0. The Kier molecular flexibility index (Phi) is 5.68. The van der Waals surface area contributed by atoms with Crippen molar-refractivity contribution >= 4 is 21.7 Å². The molecule has 21 heavy (non-hydrogen) atoms. The average Bonchev–Trinajstić information content (AvgIpc) is 2.43. The molecule has 0 amide bonds. The minimum Gasteiger partial charge on any atom is -0.469 e. The van der Waals surface area contributed by atoms with Gasteiger partial charge in [-0.25, -0.2) is 17.1 Å². The molecule has 0 aliphatic rings. The van der Waals surface area contributed by atoms with E-state index in [-0.39, 0.29) is 29.1 Å². The summed E-state index contributed by atoms with van der Waals surface area (Å²) in [5.74, 6) is -1.02. The number of nitrogens with two attached hydrogens (primary N) is 1. The van der Waals surface area contributed by atoms with Gasteiger partial charge in [0, 0.05) is 20.0 Å². The maximum atomic E-state index is 13.4. The molecule has 0 unspecified atom stereocenters. The van der Waals surface area contributed by atoms with Crippen LogP contribution in [0.15, 0.2) is 17.0 Å². The van der Waals surface area contributed by atoms with Gasteiger partial charge in [0.05, 0.1) is 17.7 Å². The number of anilines is 1. The Labute approximate surface area is 123 Å². The molecule has 0 spiro atoms. The van der Waals surface area contributed by atoms with Gasteiger partial charge in [-0.1, -0.05) is 0 Å². The summed E-state index contributed by atoms with van der Waals surface area (Å²) in [6.45, 7) is 1.59. The SMILES string of the molecule is COC(=O)CCCN(C)S(=O)(=O)c1cc(C)c(F)c(N)c1. The summed E-state index contributed by atoms with van der Waals surface area (Å²) in [5.41, 5.74) is 5.41. The molecule has 0 aliphatic heterocycles. The molecular formula is C13H19FN2O4S. The summed E-state index contributed by atoms with van der Waals surface area (Å²) in [4.78, 5) is 10.9. The van der Waals surface area contributed by atoms with Crippen LogP contribution in [0, 0.1) is 12.7 Å². The summed E-state index contributed by atoms with van der Waals surface area (Å²) in [6.07, 6.45) is 0.457. The summed E-state index contributed by atoms with van der Waals surface area (Å²) < 4.78 is 43.7. The third-order valence-corrected chi connectivity index (χ3v) is 4.88. The van der Waals surface area contributed by atoms with Crippen molar-refractivity contribution in [3.8, 4) is 0 Å². The Bertz CT molecular complexity index is 608. The number of hydrogen-bond donors (Lipinski definition) is 1. The number of nitrogen functional groups attached to an aromatic ring is 1. The molecule has 0 radical (unpaired) electrons. The Morgan fingerprint density at radius 1 is 1.43 bits per heavy atom. The number of carbonyl (C=O) groups excluding carboxylic acids is 1. The number of ether oxygens (including phenoxy) is 1. The highest BCUT2D eigenvalue weighted by Crippen LogP contribution is 2.23. The van der Waals surface area contributed by atoms with Gasteiger partial charge in [-0.2, -0.15) is 0 Å². The predicted octanol–water partition coefficient (Wildman–Crippen LogP) is 1.29. The quantitative estimate of drug-likeness (QED) is 0.630. The second-order valence-corrected chi connectivity index (χ2v) is 6.69. The van der Waals surface area contributed by atoms with Crippen molar-refractivity contribution in [2.75, 3.05) is 26.4 Å². The standard InChI is InChI=1S/C13H19FN2O4S/c1-9-7-10(8-11(15)13(9)14)21(18,19)16(2)6-4-5-12(17)20-3/h7-8H,4-6,15H2,1-3H3. The van der Waals surface area contributed by atoms with Crippen LogP contribution in [0.25, 0.3) is 0 Å². The van der Waals surface area contributed by atoms with E-state index in [1.54, 1.807) is 0 Å². The first-order valence-corrected chi connectivity index (χ1v) is 7.73. The van der Waals surface area contributed by atoms with E-state index >= 15 is 0 Å². The Morgan fingerprint density at radius 3 is 2.57 bits per heavy atom. The second kappa shape index (κ2) is 6.86. The minimum atomic E-state index is -3.77. The van der Waals surface area contributed by atoms with Crippen molar-refractivity contribution in [1.29, 1.82) is 0 Å². The lowest BCUT2D eigenvalue weighted by Gasteiger charge is -2.17. The number of aryl methyl sites for hydroxylation is 1. The monoisotopic (exact) mass is 318 g/mol. The number of carbonyl (C=O) groups is 1. The fourth-order valence-corrected chi connectivity index (χ4v) is 3.09. The molecule has 0 fully saturated rings. The molecule has 0 saturated heterocycles. The molecule has 1 aromatic carbocycles. The van der Waals surface area contributed by atoms with Crippen molar-refractivity contribution in [2.45, 2.75) is 24.7 Å². The normalized spacial score (nSPS) is 11.7. The Balaban J connectivity index is 2.88. The number of sulfonamides is 1. The lowest BCUT2D eigenvalue weighted by molar-refractivity contribution is -0.140. The Morgan fingerprint density at radius 2 is 2.05 bits per heavy atom. The van der Waals surface area contributed by atoms with E-state index in [2.05, 4.69) is 4.74 Å².